The number of rotatable bonds is 3. The highest BCUT2D eigenvalue weighted by atomic mass is 16.5. The van der Waals surface area contributed by atoms with Crippen LogP contribution in [0.4, 0.5) is 5.82 Å². The average molecular weight is 261 g/mol. The van der Waals surface area contributed by atoms with Crippen molar-refractivity contribution in [3.05, 3.63) is 18.6 Å². The zero-order valence-electron chi connectivity index (χ0n) is 10.6. The van der Waals surface area contributed by atoms with Crippen molar-refractivity contribution < 1.29 is 9.53 Å². The molecule has 1 saturated heterocycles. The van der Waals surface area contributed by atoms with E-state index >= 15 is 0 Å². The Morgan fingerprint density at radius 2 is 2.47 bits per heavy atom. The molecule has 3 rings (SSSR count). The maximum atomic E-state index is 11.3. The molecule has 0 bridgehead atoms. The summed E-state index contributed by atoms with van der Waals surface area (Å²) >= 11 is 0. The zero-order chi connectivity index (χ0) is 13.2. The number of H-pyrrole nitrogens is 1. The number of fused-ring (bicyclic) bond motifs is 1. The summed E-state index contributed by atoms with van der Waals surface area (Å²) in [6.45, 7) is 1.34. The van der Waals surface area contributed by atoms with Crippen LogP contribution in [0.1, 0.15) is 0 Å². The molecule has 0 aromatic carbocycles. The van der Waals surface area contributed by atoms with Gasteiger partial charge in [-0.3, -0.25) is 4.79 Å². The predicted molar refractivity (Wildman–Crippen MR) is 69.8 cm³/mol. The van der Waals surface area contributed by atoms with Crippen LogP contribution in [0.25, 0.3) is 11.0 Å². The lowest BCUT2D eigenvalue weighted by atomic mass is 10.2. The van der Waals surface area contributed by atoms with Gasteiger partial charge in [0, 0.05) is 26.3 Å². The molecule has 19 heavy (non-hydrogen) atoms. The van der Waals surface area contributed by atoms with E-state index in [1.54, 1.807) is 11.9 Å². The monoisotopic (exact) mass is 261 g/mol. The molecule has 0 spiro atoms. The molecular weight excluding hydrogens is 246 g/mol. The quantitative estimate of drug-likeness (QED) is 0.826. The second-order valence-electron chi connectivity index (χ2n) is 4.55. The van der Waals surface area contributed by atoms with Crippen molar-refractivity contribution in [3.63, 3.8) is 0 Å². The average Bonchev–Trinajstić information content (AvgIpc) is 2.89. The molecule has 0 radical (unpaired) electrons. The fourth-order valence-electron chi connectivity index (χ4n) is 2.11. The first-order valence-corrected chi connectivity index (χ1v) is 6.11. The second-order valence-corrected chi connectivity index (χ2v) is 4.55. The number of anilines is 1. The lowest BCUT2D eigenvalue weighted by Crippen LogP contribution is -2.46. The van der Waals surface area contributed by atoms with Crippen LogP contribution in [0.15, 0.2) is 18.6 Å². The molecule has 1 unspecified atom stereocenters. The van der Waals surface area contributed by atoms with Crippen LogP contribution in [0, 0.1) is 0 Å². The van der Waals surface area contributed by atoms with Gasteiger partial charge in [-0.25, -0.2) is 9.97 Å². The van der Waals surface area contributed by atoms with E-state index in [1.807, 2.05) is 12.3 Å². The van der Waals surface area contributed by atoms with E-state index in [0.29, 0.717) is 13.1 Å². The number of aromatic nitrogens is 3. The third kappa shape index (κ3) is 2.37. The van der Waals surface area contributed by atoms with E-state index < -0.39 is 0 Å². The molecule has 3 heterocycles. The second kappa shape index (κ2) is 4.85. The highest BCUT2D eigenvalue weighted by Gasteiger charge is 2.23. The fourth-order valence-corrected chi connectivity index (χ4v) is 2.11. The maximum absolute atomic E-state index is 11.3. The van der Waals surface area contributed by atoms with Crippen LogP contribution in [0.3, 0.4) is 0 Å². The molecule has 2 aromatic rings. The van der Waals surface area contributed by atoms with E-state index in [9.17, 15) is 4.79 Å². The van der Waals surface area contributed by atoms with Crippen LogP contribution < -0.4 is 5.32 Å². The lowest BCUT2D eigenvalue weighted by Gasteiger charge is -2.30. The first kappa shape index (κ1) is 11.9. The summed E-state index contributed by atoms with van der Waals surface area (Å²) < 4.78 is 5.47. The third-order valence-electron chi connectivity index (χ3n) is 3.20. The van der Waals surface area contributed by atoms with Gasteiger partial charge in [-0.05, 0) is 6.07 Å². The lowest BCUT2D eigenvalue weighted by molar-refractivity contribution is -0.145. The maximum Gasteiger partial charge on any atom is 0.248 e. The van der Waals surface area contributed by atoms with Crippen LogP contribution in [-0.2, 0) is 9.53 Å². The van der Waals surface area contributed by atoms with Gasteiger partial charge >= 0.3 is 0 Å². The van der Waals surface area contributed by atoms with Crippen LogP contribution in [0.2, 0.25) is 0 Å². The molecule has 0 aliphatic carbocycles. The van der Waals surface area contributed by atoms with Crippen LogP contribution in [0.5, 0.6) is 0 Å². The van der Waals surface area contributed by atoms with Crippen molar-refractivity contribution in [3.8, 4) is 0 Å². The Labute approximate surface area is 110 Å². The fraction of sp³-hybridized carbons (Fsp3) is 0.417. The first-order valence-electron chi connectivity index (χ1n) is 6.11. The Balaban J connectivity index is 1.66. The minimum Gasteiger partial charge on any atom is -0.367 e. The van der Waals surface area contributed by atoms with Crippen molar-refractivity contribution in [1.82, 2.24) is 19.9 Å². The molecule has 1 fully saturated rings. The van der Waals surface area contributed by atoms with Crippen molar-refractivity contribution in [2.45, 2.75) is 6.10 Å². The van der Waals surface area contributed by atoms with Crippen molar-refractivity contribution in [2.75, 3.05) is 32.1 Å². The molecule has 2 aromatic heterocycles. The number of amides is 1. The molecule has 0 saturated carbocycles. The number of morpholine rings is 1. The minimum atomic E-state index is -0.0216. The Bertz CT molecular complexity index is 597. The topological polar surface area (TPSA) is 83.1 Å². The van der Waals surface area contributed by atoms with Crippen LogP contribution in [-0.4, -0.2) is 58.6 Å². The van der Waals surface area contributed by atoms with E-state index in [2.05, 4.69) is 20.3 Å². The highest BCUT2D eigenvalue weighted by Crippen LogP contribution is 2.17. The smallest absolute Gasteiger partial charge is 0.248 e. The highest BCUT2D eigenvalue weighted by molar-refractivity contribution is 5.86. The van der Waals surface area contributed by atoms with Gasteiger partial charge < -0.3 is 19.9 Å². The number of hydrogen-bond donors (Lipinski definition) is 2. The normalized spacial score (nSPS) is 19.9. The molecule has 2 N–H and O–H groups in total. The van der Waals surface area contributed by atoms with Gasteiger partial charge in [-0.1, -0.05) is 0 Å². The molecule has 100 valence electrons. The van der Waals surface area contributed by atoms with E-state index in [-0.39, 0.29) is 18.6 Å². The molecular formula is C12H15N5O2. The largest absolute Gasteiger partial charge is 0.367 e. The number of carbonyl (C=O) groups is 1. The van der Waals surface area contributed by atoms with Crippen molar-refractivity contribution in [1.29, 1.82) is 0 Å². The Morgan fingerprint density at radius 1 is 1.58 bits per heavy atom. The van der Waals surface area contributed by atoms with Gasteiger partial charge in [0.05, 0.1) is 11.5 Å². The van der Waals surface area contributed by atoms with Gasteiger partial charge in [0.1, 0.15) is 24.4 Å². The summed E-state index contributed by atoms with van der Waals surface area (Å²) in [5.74, 6) is 0.792. The number of hydrogen-bond acceptors (Lipinski definition) is 5. The minimum absolute atomic E-state index is 0.0197. The summed E-state index contributed by atoms with van der Waals surface area (Å²) in [4.78, 5) is 24.4. The number of ether oxygens (including phenoxy) is 1. The van der Waals surface area contributed by atoms with Gasteiger partial charge in [0.25, 0.3) is 0 Å². The summed E-state index contributed by atoms with van der Waals surface area (Å²) in [5.41, 5.74) is 0.800. The Kier molecular flexibility index (Phi) is 3.04. The molecule has 1 aliphatic heterocycles. The van der Waals surface area contributed by atoms with Crippen molar-refractivity contribution in [2.24, 2.45) is 0 Å². The van der Waals surface area contributed by atoms with Gasteiger partial charge in [0.2, 0.25) is 5.91 Å². The molecule has 1 atom stereocenters. The van der Waals surface area contributed by atoms with E-state index in [4.69, 9.17) is 4.74 Å². The SMILES string of the molecule is CN1CC(CNc2ncnc3[nH]ccc23)OCC1=O. The van der Waals surface area contributed by atoms with Crippen molar-refractivity contribution >= 4 is 22.8 Å². The van der Waals surface area contributed by atoms with E-state index in [1.165, 1.54) is 6.33 Å². The van der Waals surface area contributed by atoms with Gasteiger partial charge in [0.15, 0.2) is 0 Å². The summed E-state index contributed by atoms with van der Waals surface area (Å²) in [5, 5.41) is 4.19. The summed E-state index contributed by atoms with van der Waals surface area (Å²) in [6, 6.07) is 1.93. The van der Waals surface area contributed by atoms with Gasteiger partial charge in [-0.15, -0.1) is 0 Å². The standard InChI is InChI=1S/C12H15N5O2/c1-17-5-8(19-6-10(17)18)4-14-12-9-2-3-13-11(9)15-7-16-12/h2-3,7-8H,4-6H2,1H3,(H2,13,14,15,16). The zero-order valence-corrected chi connectivity index (χ0v) is 10.6. The summed E-state index contributed by atoms with van der Waals surface area (Å²) in [7, 11) is 1.78. The van der Waals surface area contributed by atoms with E-state index in [0.717, 1.165) is 16.9 Å². The predicted octanol–water partition coefficient (Wildman–Crippen LogP) is 0.227. The number of carbonyl (C=O) groups excluding carboxylic acids is 1. The Morgan fingerprint density at radius 3 is 3.32 bits per heavy atom. The summed E-state index contributed by atoms with van der Waals surface area (Å²) in [6.07, 6.45) is 3.32. The third-order valence-corrected chi connectivity index (χ3v) is 3.20. The number of nitrogens with one attached hydrogen (secondary N) is 2. The number of likely N-dealkylation sites (N-methyl/N-ethyl adjacent to an activating group) is 1. The molecule has 7 nitrogen and oxygen atoms in total. The number of nitrogens with zero attached hydrogens (tertiary/aromatic N) is 3. The molecule has 1 aliphatic rings. The van der Waals surface area contributed by atoms with Gasteiger partial charge in [-0.2, -0.15) is 0 Å². The molecule has 1 amide bonds. The molecule has 7 heteroatoms. The van der Waals surface area contributed by atoms with Crippen LogP contribution >= 0.6 is 0 Å². The number of aromatic amines is 1. The first-order chi connectivity index (χ1) is 9.24. The Hall–Kier alpha value is -2.15.